The molecule has 0 bridgehead atoms. The summed E-state index contributed by atoms with van der Waals surface area (Å²) in [5.74, 6) is -0.0770. The van der Waals surface area contributed by atoms with Crippen LogP contribution in [0.5, 0.6) is 0 Å². The number of rotatable bonds is 6. The normalized spacial score (nSPS) is 10.5. The lowest BCUT2D eigenvalue weighted by atomic mass is 10.1. The third-order valence-corrected chi connectivity index (χ3v) is 5.62. The molecule has 0 fully saturated rings. The first-order chi connectivity index (χ1) is 12.3. The molecule has 5 heteroatoms. The minimum atomic E-state index is -0.222. The molecule has 26 heavy (non-hydrogen) atoms. The summed E-state index contributed by atoms with van der Waals surface area (Å²) in [5.41, 5.74) is 6.50. The van der Waals surface area contributed by atoms with Crippen molar-refractivity contribution < 1.29 is 9.59 Å². The minimum absolute atomic E-state index is 0.0291. The second-order valence-corrected chi connectivity index (χ2v) is 7.57. The fourth-order valence-corrected chi connectivity index (χ4v) is 3.79. The summed E-state index contributed by atoms with van der Waals surface area (Å²) in [6, 6.07) is 10.00. The van der Waals surface area contributed by atoms with E-state index in [4.69, 9.17) is 0 Å². The van der Waals surface area contributed by atoms with E-state index in [1.54, 1.807) is 0 Å². The quantitative estimate of drug-likeness (QED) is 0.754. The zero-order valence-electron chi connectivity index (χ0n) is 16.0. The standard InChI is InChI=1S/C21H26N2O2S/c1-13-9-15(3)21(16(4)10-13)26-12-20(25)22-11-19(24)23-18-8-6-7-14(2)17(18)5/h6-10H,11-12H2,1-5H3,(H,22,25)(H,23,24). The van der Waals surface area contributed by atoms with Gasteiger partial charge in [-0.05, 0) is 62.9 Å². The number of hydrogen-bond donors (Lipinski definition) is 2. The zero-order chi connectivity index (χ0) is 19.3. The summed E-state index contributed by atoms with van der Waals surface area (Å²) in [7, 11) is 0. The summed E-state index contributed by atoms with van der Waals surface area (Å²) >= 11 is 1.51. The predicted octanol–water partition coefficient (Wildman–Crippen LogP) is 4.08. The van der Waals surface area contributed by atoms with Crippen molar-refractivity contribution in [3.05, 3.63) is 58.1 Å². The molecule has 2 aromatic carbocycles. The Balaban J connectivity index is 1.83. The maximum Gasteiger partial charge on any atom is 0.243 e. The lowest BCUT2D eigenvalue weighted by Crippen LogP contribution is -2.34. The molecule has 4 nitrogen and oxygen atoms in total. The highest BCUT2D eigenvalue weighted by molar-refractivity contribution is 8.00. The molecule has 0 aromatic heterocycles. The van der Waals surface area contributed by atoms with Crippen LogP contribution in [0.3, 0.4) is 0 Å². The van der Waals surface area contributed by atoms with E-state index in [2.05, 4.69) is 43.5 Å². The van der Waals surface area contributed by atoms with E-state index in [0.717, 1.165) is 21.7 Å². The van der Waals surface area contributed by atoms with Crippen LogP contribution in [0.4, 0.5) is 5.69 Å². The van der Waals surface area contributed by atoms with Crippen LogP contribution in [0.2, 0.25) is 0 Å². The van der Waals surface area contributed by atoms with Gasteiger partial charge in [-0.2, -0.15) is 0 Å². The molecule has 0 heterocycles. The number of nitrogens with one attached hydrogen (secondary N) is 2. The number of anilines is 1. The van der Waals surface area contributed by atoms with Crippen molar-refractivity contribution in [3.63, 3.8) is 0 Å². The van der Waals surface area contributed by atoms with E-state index in [-0.39, 0.29) is 18.4 Å². The molecule has 0 aliphatic heterocycles. The van der Waals surface area contributed by atoms with E-state index in [1.807, 2.05) is 32.0 Å². The molecule has 0 saturated carbocycles. The average Bonchev–Trinajstić information content (AvgIpc) is 2.56. The van der Waals surface area contributed by atoms with Crippen LogP contribution >= 0.6 is 11.8 Å². The Kier molecular flexibility index (Phi) is 6.86. The highest BCUT2D eigenvalue weighted by Gasteiger charge is 2.10. The van der Waals surface area contributed by atoms with Crippen molar-refractivity contribution in [2.45, 2.75) is 39.5 Å². The maximum atomic E-state index is 12.1. The Morgan fingerprint density at radius 2 is 1.58 bits per heavy atom. The minimum Gasteiger partial charge on any atom is -0.346 e. The first-order valence-corrected chi connectivity index (χ1v) is 9.60. The maximum absolute atomic E-state index is 12.1. The number of aryl methyl sites for hydroxylation is 4. The highest BCUT2D eigenvalue weighted by atomic mass is 32.2. The van der Waals surface area contributed by atoms with Gasteiger partial charge in [-0.15, -0.1) is 11.8 Å². The van der Waals surface area contributed by atoms with Crippen LogP contribution in [0.25, 0.3) is 0 Å². The topological polar surface area (TPSA) is 58.2 Å². The molecule has 0 aliphatic carbocycles. The van der Waals surface area contributed by atoms with Gasteiger partial charge in [-0.1, -0.05) is 29.8 Å². The van der Waals surface area contributed by atoms with Crippen LogP contribution in [0.1, 0.15) is 27.8 Å². The third kappa shape index (κ3) is 5.36. The van der Waals surface area contributed by atoms with Gasteiger partial charge in [0.05, 0.1) is 12.3 Å². The smallest absolute Gasteiger partial charge is 0.243 e. The van der Waals surface area contributed by atoms with Crippen molar-refractivity contribution in [2.24, 2.45) is 0 Å². The average molecular weight is 371 g/mol. The van der Waals surface area contributed by atoms with Gasteiger partial charge in [0, 0.05) is 10.6 Å². The number of amides is 2. The van der Waals surface area contributed by atoms with Crippen LogP contribution < -0.4 is 10.6 Å². The molecule has 2 amide bonds. The van der Waals surface area contributed by atoms with Gasteiger partial charge < -0.3 is 10.6 Å². The highest BCUT2D eigenvalue weighted by Crippen LogP contribution is 2.27. The third-order valence-electron chi connectivity index (χ3n) is 4.28. The fraction of sp³-hybridized carbons (Fsp3) is 0.333. The molecule has 0 unspecified atom stereocenters. The summed E-state index contributed by atoms with van der Waals surface area (Å²) in [6.45, 7) is 10.1. The van der Waals surface area contributed by atoms with Gasteiger partial charge in [-0.3, -0.25) is 9.59 Å². The van der Waals surface area contributed by atoms with E-state index >= 15 is 0 Å². The molecule has 0 aliphatic rings. The molecule has 2 aromatic rings. The van der Waals surface area contributed by atoms with Crippen LogP contribution in [0, 0.1) is 34.6 Å². The fourth-order valence-electron chi connectivity index (χ4n) is 2.84. The number of hydrogen-bond acceptors (Lipinski definition) is 3. The van der Waals surface area contributed by atoms with Gasteiger partial charge in [0.2, 0.25) is 11.8 Å². The lowest BCUT2D eigenvalue weighted by molar-refractivity contribution is -0.122. The molecule has 0 atom stereocenters. The Bertz CT molecular complexity index is 808. The monoisotopic (exact) mass is 370 g/mol. The van der Waals surface area contributed by atoms with Gasteiger partial charge in [0.15, 0.2) is 0 Å². The molecular formula is C21H26N2O2S. The SMILES string of the molecule is Cc1cc(C)c(SCC(=O)NCC(=O)Nc2cccc(C)c2C)c(C)c1. The van der Waals surface area contributed by atoms with Gasteiger partial charge in [0.25, 0.3) is 0 Å². The number of carbonyl (C=O) groups excluding carboxylic acids is 2. The van der Waals surface area contributed by atoms with Crippen molar-refractivity contribution in [1.29, 1.82) is 0 Å². The molecule has 138 valence electrons. The van der Waals surface area contributed by atoms with Crippen LogP contribution in [-0.2, 0) is 9.59 Å². The molecule has 0 spiro atoms. The summed E-state index contributed by atoms with van der Waals surface area (Å²) in [5, 5.41) is 5.53. The molecular weight excluding hydrogens is 344 g/mol. The van der Waals surface area contributed by atoms with E-state index in [1.165, 1.54) is 28.5 Å². The van der Waals surface area contributed by atoms with Crippen LogP contribution in [-0.4, -0.2) is 24.1 Å². The Labute approximate surface area is 159 Å². The summed E-state index contributed by atoms with van der Waals surface area (Å²) in [6.07, 6.45) is 0. The first kappa shape index (κ1) is 20.0. The zero-order valence-corrected chi connectivity index (χ0v) is 16.8. The first-order valence-electron chi connectivity index (χ1n) is 8.61. The van der Waals surface area contributed by atoms with E-state index in [9.17, 15) is 9.59 Å². The number of thioether (sulfide) groups is 1. The van der Waals surface area contributed by atoms with Gasteiger partial charge >= 0.3 is 0 Å². The Morgan fingerprint density at radius 3 is 2.23 bits per heavy atom. The lowest BCUT2D eigenvalue weighted by Gasteiger charge is -2.12. The van der Waals surface area contributed by atoms with Crippen molar-refractivity contribution >= 4 is 29.3 Å². The molecule has 0 saturated heterocycles. The Morgan fingerprint density at radius 1 is 0.923 bits per heavy atom. The van der Waals surface area contributed by atoms with Gasteiger partial charge in [-0.25, -0.2) is 0 Å². The molecule has 2 N–H and O–H groups in total. The predicted molar refractivity (Wildman–Crippen MR) is 109 cm³/mol. The van der Waals surface area contributed by atoms with Crippen LogP contribution in [0.15, 0.2) is 35.2 Å². The van der Waals surface area contributed by atoms with E-state index in [0.29, 0.717) is 5.75 Å². The molecule has 2 rings (SSSR count). The van der Waals surface area contributed by atoms with E-state index < -0.39 is 0 Å². The van der Waals surface area contributed by atoms with Crippen molar-refractivity contribution in [3.8, 4) is 0 Å². The molecule has 0 radical (unpaired) electrons. The second-order valence-electron chi connectivity index (χ2n) is 6.59. The number of benzene rings is 2. The Hall–Kier alpha value is -2.27. The second kappa shape index (κ2) is 8.90. The summed E-state index contributed by atoms with van der Waals surface area (Å²) < 4.78 is 0. The largest absolute Gasteiger partial charge is 0.346 e. The van der Waals surface area contributed by atoms with Gasteiger partial charge in [0.1, 0.15) is 0 Å². The van der Waals surface area contributed by atoms with Crippen molar-refractivity contribution in [2.75, 3.05) is 17.6 Å². The number of carbonyl (C=O) groups is 2. The van der Waals surface area contributed by atoms with Crippen molar-refractivity contribution in [1.82, 2.24) is 5.32 Å². The summed E-state index contributed by atoms with van der Waals surface area (Å²) in [4.78, 5) is 25.3.